The van der Waals surface area contributed by atoms with E-state index in [-0.39, 0.29) is 18.5 Å². The van der Waals surface area contributed by atoms with E-state index >= 15 is 0 Å². The number of carbonyl (C=O) groups is 2. The molecule has 0 radical (unpaired) electrons. The number of aromatic nitrogens is 2. The maximum Gasteiger partial charge on any atom is 0.322 e. The van der Waals surface area contributed by atoms with Crippen molar-refractivity contribution in [1.82, 2.24) is 14.9 Å². The summed E-state index contributed by atoms with van der Waals surface area (Å²) in [7, 11) is 0. The molecule has 2 aromatic heterocycles. The molecule has 26 heavy (non-hydrogen) atoms. The molecule has 0 saturated carbocycles. The minimum absolute atomic E-state index is 0.00413. The number of fused-ring (bicyclic) bond motifs is 1. The summed E-state index contributed by atoms with van der Waals surface area (Å²) in [5.41, 5.74) is 1.61. The van der Waals surface area contributed by atoms with Gasteiger partial charge in [-0.3, -0.25) is 19.0 Å². The second-order valence-corrected chi connectivity index (χ2v) is 6.95. The SMILES string of the molecule is Cc1sc2ncn(CCC(=O)NCC(=O)O)c(=O)c2c1-c1ccccc1. The summed E-state index contributed by atoms with van der Waals surface area (Å²) in [5.74, 6) is -1.54. The molecule has 0 spiro atoms. The van der Waals surface area contributed by atoms with Gasteiger partial charge in [0.15, 0.2) is 0 Å². The predicted octanol–water partition coefficient (Wildman–Crippen LogP) is 2.02. The van der Waals surface area contributed by atoms with E-state index < -0.39 is 18.4 Å². The molecule has 1 amide bonds. The molecule has 7 nitrogen and oxygen atoms in total. The lowest BCUT2D eigenvalue weighted by Crippen LogP contribution is -2.31. The number of aryl methyl sites for hydroxylation is 2. The van der Waals surface area contributed by atoms with Gasteiger partial charge in [-0.05, 0) is 12.5 Å². The average Bonchev–Trinajstić information content (AvgIpc) is 2.97. The second kappa shape index (κ2) is 7.49. The maximum absolute atomic E-state index is 12.9. The Bertz CT molecular complexity index is 1020. The zero-order valence-corrected chi connectivity index (χ0v) is 14.9. The standard InChI is InChI=1S/C18H17N3O4S/c1-11-15(12-5-3-2-4-6-12)16-17(26-11)20-10-21(18(16)25)8-7-13(22)19-9-14(23)24/h2-6,10H,7-9H2,1H3,(H,19,22)(H,23,24). The molecule has 0 atom stereocenters. The average molecular weight is 371 g/mol. The number of thiophene rings is 1. The number of carboxylic acids is 1. The Labute approximate surface area is 152 Å². The largest absolute Gasteiger partial charge is 0.480 e. The van der Waals surface area contributed by atoms with E-state index in [0.717, 1.165) is 16.0 Å². The number of carboxylic acid groups (broad SMARTS) is 1. The summed E-state index contributed by atoms with van der Waals surface area (Å²) in [6.07, 6.45) is 1.43. The van der Waals surface area contributed by atoms with Crippen molar-refractivity contribution < 1.29 is 14.7 Å². The zero-order chi connectivity index (χ0) is 18.7. The lowest BCUT2D eigenvalue weighted by molar-refractivity contribution is -0.137. The van der Waals surface area contributed by atoms with Gasteiger partial charge in [-0.2, -0.15) is 0 Å². The third-order valence-corrected chi connectivity index (χ3v) is 4.95. The van der Waals surface area contributed by atoms with Gasteiger partial charge in [-0.1, -0.05) is 30.3 Å². The van der Waals surface area contributed by atoms with Crippen molar-refractivity contribution in [2.45, 2.75) is 19.9 Å². The lowest BCUT2D eigenvalue weighted by atomic mass is 10.0. The van der Waals surface area contributed by atoms with E-state index in [2.05, 4.69) is 10.3 Å². The first-order chi connectivity index (χ1) is 12.5. The van der Waals surface area contributed by atoms with Crippen molar-refractivity contribution >= 4 is 33.4 Å². The second-order valence-electron chi connectivity index (χ2n) is 5.74. The molecule has 8 heteroatoms. The summed E-state index contributed by atoms with van der Waals surface area (Å²) in [4.78, 5) is 41.1. The van der Waals surface area contributed by atoms with Crippen LogP contribution in [0.25, 0.3) is 21.3 Å². The normalized spacial score (nSPS) is 10.8. The van der Waals surface area contributed by atoms with E-state index in [1.54, 1.807) is 0 Å². The van der Waals surface area contributed by atoms with E-state index in [0.29, 0.717) is 10.2 Å². The number of nitrogens with zero attached hydrogens (tertiary/aromatic N) is 2. The highest BCUT2D eigenvalue weighted by Crippen LogP contribution is 2.35. The summed E-state index contributed by atoms with van der Waals surface area (Å²) in [5, 5.41) is 11.4. The van der Waals surface area contributed by atoms with Crippen LogP contribution in [-0.2, 0) is 16.1 Å². The first kappa shape index (κ1) is 17.8. The number of hydrogen-bond acceptors (Lipinski definition) is 5. The van der Waals surface area contributed by atoms with Crippen LogP contribution in [0.15, 0.2) is 41.5 Å². The number of nitrogens with one attached hydrogen (secondary N) is 1. The van der Waals surface area contributed by atoms with Crippen LogP contribution < -0.4 is 10.9 Å². The van der Waals surface area contributed by atoms with E-state index in [1.807, 2.05) is 37.3 Å². The van der Waals surface area contributed by atoms with Crippen LogP contribution in [0.3, 0.4) is 0 Å². The molecule has 1 aromatic carbocycles. The monoisotopic (exact) mass is 371 g/mol. The minimum Gasteiger partial charge on any atom is -0.480 e. The number of aliphatic carboxylic acids is 1. The van der Waals surface area contributed by atoms with Crippen molar-refractivity contribution in [3.05, 3.63) is 51.9 Å². The lowest BCUT2D eigenvalue weighted by Gasteiger charge is -2.07. The Morgan fingerprint density at radius 1 is 1.27 bits per heavy atom. The Hall–Kier alpha value is -3.00. The van der Waals surface area contributed by atoms with Crippen LogP contribution >= 0.6 is 11.3 Å². The molecule has 0 aliphatic heterocycles. The summed E-state index contributed by atoms with van der Waals surface area (Å²) in [6.45, 7) is 1.65. The van der Waals surface area contributed by atoms with Crippen molar-refractivity contribution in [2.24, 2.45) is 0 Å². The molecule has 0 fully saturated rings. The molecular formula is C18H17N3O4S. The Kier molecular flexibility index (Phi) is 5.13. The zero-order valence-electron chi connectivity index (χ0n) is 14.1. The number of benzene rings is 1. The Morgan fingerprint density at radius 3 is 2.69 bits per heavy atom. The quantitative estimate of drug-likeness (QED) is 0.690. The van der Waals surface area contributed by atoms with Gasteiger partial charge in [0.25, 0.3) is 5.56 Å². The van der Waals surface area contributed by atoms with Crippen molar-refractivity contribution in [2.75, 3.05) is 6.54 Å². The van der Waals surface area contributed by atoms with Crippen LogP contribution in [0.5, 0.6) is 0 Å². The number of hydrogen-bond donors (Lipinski definition) is 2. The number of amides is 1. The van der Waals surface area contributed by atoms with Crippen LogP contribution in [0.4, 0.5) is 0 Å². The van der Waals surface area contributed by atoms with Gasteiger partial charge in [0.05, 0.1) is 11.7 Å². The molecule has 0 bridgehead atoms. The highest BCUT2D eigenvalue weighted by molar-refractivity contribution is 7.19. The first-order valence-corrected chi connectivity index (χ1v) is 8.81. The van der Waals surface area contributed by atoms with E-state index in [1.165, 1.54) is 22.2 Å². The number of carbonyl (C=O) groups excluding carboxylic acids is 1. The molecule has 134 valence electrons. The molecule has 0 aliphatic rings. The highest BCUT2D eigenvalue weighted by atomic mass is 32.1. The van der Waals surface area contributed by atoms with Gasteiger partial charge in [0.1, 0.15) is 11.4 Å². The summed E-state index contributed by atoms with van der Waals surface area (Å²) in [6, 6.07) is 9.65. The van der Waals surface area contributed by atoms with Crippen LogP contribution in [-0.4, -0.2) is 33.1 Å². The third kappa shape index (κ3) is 3.65. The highest BCUT2D eigenvalue weighted by Gasteiger charge is 2.17. The van der Waals surface area contributed by atoms with Crippen LogP contribution in [0, 0.1) is 6.92 Å². The molecule has 0 unspecified atom stereocenters. The number of rotatable bonds is 6. The topological polar surface area (TPSA) is 101 Å². The molecule has 2 heterocycles. The van der Waals surface area contributed by atoms with Crippen LogP contribution in [0.2, 0.25) is 0 Å². The smallest absolute Gasteiger partial charge is 0.322 e. The van der Waals surface area contributed by atoms with E-state index in [4.69, 9.17) is 5.11 Å². The third-order valence-electron chi connectivity index (χ3n) is 3.93. The molecule has 3 aromatic rings. The van der Waals surface area contributed by atoms with Gasteiger partial charge < -0.3 is 10.4 Å². The van der Waals surface area contributed by atoms with Crippen molar-refractivity contribution in [3.63, 3.8) is 0 Å². The van der Waals surface area contributed by atoms with Crippen LogP contribution in [0.1, 0.15) is 11.3 Å². The molecule has 2 N–H and O–H groups in total. The summed E-state index contributed by atoms with van der Waals surface area (Å²) < 4.78 is 1.39. The fourth-order valence-electron chi connectivity index (χ4n) is 2.73. The fraction of sp³-hybridized carbons (Fsp3) is 0.222. The van der Waals surface area contributed by atoms with Gasteiger partial charge in [0, 0.05) is 23.4 Å². The fourth-order valence-corrected chi connectivity index (χ4v) is 3.74. The van der Waals surface area contributed by atoms with Gasteiger partial charge >= 0.3 is 5.97 Å². The predicted molar refractivity (Wildman–Crippen MR) is 99.3 cm³/mol. The van der Waals surface area contributed by atoms with E-state index in [9.17, 15) is 14.4 Å². The Balaban J connectivity index is 1.92. The van der Waals surface area contributed by atoms with Gasteiger partial charge in [-0.25, -0.2) is 4.98 Å². The minimum atomic E-state index is -1.11. The van der Waals surface area contributed by atoms with Gasteiger partial charge in [-0.15, -0.1) is 11.3 Å². The maximum atomic E-state index is 12.9. The Morgan fingerprint density at radius 2 is 2.00 bits per heavy atom. The van der Waals surface area contributed by atoms with Gasteiger partial charge in [0.2, 0.25) is 5.91 Å². The van der Waals surface area contributed by atoms with Crippen molar-refractivity contribution in [3.8, 4) is 11.1 Å². The first-order valence-electron chi connectivity index (χ1n) is 8.00. The molecule has 0 saturated heterocycles. The van der Waals surface area contributed by atoms with Crippen molar-refractivity contribution in [1.29, 1.82) is 0 Å². The molecular weight excluding hydrogens is 354 g/mol. The molecule has 0 aliphatic carbocycles. The summed E-state index contributed by atoms with van der Waals surface area (Å²) >= 11 is 1.46. The molecule has 3 rings (SSSR count).